The summed E-state index contributed by atoms with van der Waals surface area (Å²) in [7, 11) is 2.03. The molecule has 1 aliphatic rings. The molecule has 0 spiro atoms. The average molecular weight is 286 g/mol. The van der Waals surface area contributed by atoms with E-state index >= 15 is 0 Å². The Morgan fingerprint density at radius 2 is 1.89 bits per heavy atom. The van der Waals surface area contributed by atoms with Crippen molar-refractivity contribution in [1.29, 1.82) is 0 Å². The van der Waals surface area contributed by atoms with E-state index in [4.69, 9.17) is 0 Å². The predicted octanol–water partition coefficient (Wildman–Crippen LogP) is 1.83. The molecule has 1 saturated heterocycles. The lowest BCUT2D eigenvalue weighted by Crippen LogP contribution is -2.47. The molecule has 1 aliphatic heterocycles. The van der Waals surface area contributed by atoms with Gasteiger partial charge in [-0.1, -0.05) is 0 Å². The molecule has 19 heavy (non-hydrogen) atoms. The summed E-state index contributed by atoms with van der Waals surface area (Å²) in [5.74, 6) is -1.44. The van der Waals surface area contributed by atoms with Crippen LogP contribution in [-0.2, 0) is 4.79 Å². The summed E-state index contributed by atoms with van der Waals surface area (Å²) in [5.41, 5.74) is 0. The SMILES string of the molecule is CN1CCN(C(=O)CSc2ccc(F)c(F)c2)CC1. The van der Waals surface area contributed by atoms with E-state index in [0.29, 0.717) is 4.90 Å². The number of piperazine rings is 1. The Kier molecular flexibility index (Phi) is 4.76. The molecule has 0 aliphatic carbocycles. The second-order valence-electron chi connectivity index (χ2n) is 4.55. The van der Waals surface area contributed by atoms with Gasteiger partial charge in [0, 0.05) is 31.1 Å². The number of carbonyl (C=O) groups excluding carboxylic acids is 1. The molecule has 104 valence electrons. The molecule has 0 unspecified atom stereocenters. The Hall–Kier alpha value is -1.14. The highest BCUT2D eigenvalue weighted by molar-refractivity contribution is 8.00. The zero-order valence-corrected chi connectivity index (χ0v) is 11.6. The molecule has 1 aromatic rings. The minimum absolute atomic E-state index is 0.0443. The van der Waals surface area contributed by atoms with Gasteiger partial charge in [0.2, 0.25) is 5.91 Å². The highest BCUT2D eigenvalue weighted by Crippen LogP contribution is 2.20. The zero-order valence-electron chi connectivity index (χ0n) is 10.7. The topological polar surface area (TPSA) is 23.6 Å². The fourth-order valence-corrected chi connectivity index (χ4v) is 2.68. The molecule has 0 N–H and O–H groups in total. The summed E-state index contributed by atoms with van der Waals surface area (Å²) in [6, 6.07) is 3.69. The molecular formula is C13H16F2N2OS. The van der Waals surface area contributed by atoms with Crippen molar-refractivity contribution in [2.45, 2.75) is 4.90 Å². The molecule has 3 nitrogen and oxygen atoms in total. The second kappa shape index (κ2) is 6.34. The summed E-state index contributed by atoms with van der Waals surface area (Å²) < 4.78 is 25.8. The molecule has 1 heterocycles. The predicted molar refractivity (Wildman–Crippen MR) is 71.2 cm³/mol. The van der Waals surface area contributed by atoms with Gasteiger partial charge in [-0.25, -0.2) is 8.78 Å². The standard InChI is InChI=1S/C13H16F2N2OS/c1-16-4-6-17(7-5-16)13(18)9-19-10-2-3-11(14)12(15)8-10/h2-3,8H,4-7,9H2,1H3. The number of hydrogen-bond donors (Lipinski definition) is 0. The van der Waals surface area contributed by atoms with Crippen LogP contribution in [0.5, 0.6) is 0 Å². The lowest BCUT2D eigenvalue weighted by atomic mass is 10.3. The largest absolute Gasteiger partial charge is 0.339 e. The summed E-state index contributed by atoms with van der Waals surface area (Å²) in [5, 5.41) is 0. The normalized spacial score (nSPS) is 16.7. The maximum absolute atomic E-state index is 13.0. The molecule has 0 saturated carbocycles. The molecule has 6 heteroatoms. The number of amides is 1. The van der Waals surface area contributed by atoms with E-state index in [9.17, 15) is 13.6 Å². The van der Waals surface area contributed by atoms with Crippen LogP contribution < -0.4 is 0 Å². The lowest BCUT2D eigenvalue weighted by molar-refractivity contribution is -0.129. The van der Waals surface area contributed by atoms with Gasteiger partial charge >= 0.3 is 0 Å². The minimum Gasteiger partial charge on any atom is -0.339 e. The third-order valence-corrected chi connectivity index (χ3v) is 4.09. The van der Waals surface area contributed by atoms with Crippen molar-refractivity contribution in [1.82, 2.24) is 9.80 Å². The highest BCUT2D eigenvalue weighted by atomic mass is 32.2. The molecule has 1 fully saturated rings. The van der Waals surface area contributed by atoms with E-state index in [2.05, 4.69) is 4.90 Å². The van der Waals surface area contributed by atoms with Crippen LogP contribution in [0.2, 0.25) is 0 Å². The molecule has 1 aromatic carbocycles. The number of likely N-dealkylation sites (N-methyl/N-ethyl adjacent to an activating group) is 1. The number of rotatable bonds is 3. The van der Waals surface area contributed by atoms with Gasteiger partial charge in [0.1, 0.15) is 0 Å². The number of nitrogens with zero attached hydrogens (tertiary/aromatic N) is 2. The summed E-state index contributed by atoms with van der Waals surface area (Å²) in [6.07, 6.45) is 0. The fraction of sp³-hybridized carbons (Fsp3) is 0.462. The fourth-order valence-electron chi connectivity index (χ4n) is 1.86. The lowest BCUT2D eigenvalue weighted by Gasteiger charge is -2.32. The molecule has 0 atom stereocenters. The molecule has 0 radical (unpaired) electrons. The van der Waals surface area contributed by atoms with Crippen LogP contribution in [0.4, 0.5) is 8.78 Å². The first-order valence-electron chi connectivity index (χ1n) is 6.10. The van der Waals surface area contributed by atoms with Crippen molar-refractivity contribution >= 4 is 17.7 Å². The number of halogens is 2. The van der Waals surface area contributed by atoms with Crippen molar-refractivity contribution in [3.63, 3.8) is 0 Å². The number of thioether (sulfide) groups is 1. The summed E-state index contributed by atoms with van der Waals surface area (Å²) in [6.45, 7) is 3.21. The molecule has 1 amide bonds. The van der Waals surface area contributed by atoms with Crippen LogP contribution in [0.25, 0.3) is 0 Å². The molecule has 2 rings (SSSR count). The van der Waals surface area contributed by atoms with E-state index in [0.717, 1.165) is 38.3 Å². The van der Waals surface area contributed by atoms with Crippen LogP contribution in [0.1, 0.15) is 0 Å². The van der Waals surface area contributed by atoms with Gasteiger partial charge in [-0.15, -0.1) is 11.8 Å². The number of hydrogen-bond acceptors (Lipinski definition) is 3. The quantitative estimate of drug-likeness (QED) is 0.792. The Balaban J connectivity index is 1.84. The van der Waals surface area contributed by atoms with Gasteiger partial charge in [-0.3, -0.25) is 4.79 Å². The first-order chi connectivity index (χ1) is 9.06. The number of benzene rings is 1. The van der Waals surface area contributed by atoms with Crippen LogP contribution in [0.3, 0.4) is 0 Å². The van der Waals surface area contributed by atoms with E-state index in [1.807, 2.05) is 11.9 Å². The van der Waals surface area contributed by atoms with Crippen LogP contribution >= 0.6 is 11.8 Å². The van der Waals surface area contributed by atoms with Gasteiger partial charge in [-0.2, -0.15) is 0 Å². The van der Waals surface area contributed by atoms with Crippen LogP contribution in [0, 0.1) is 11.6 Å². The van der Waals surface area contributed by atoms with Crippen molar-refractivity contribution in [2.75, 3.05) is 39.0 Å². The van der Waals surface area contributed by atoms with Crippen molar-refractivity contribution in [2.24, 2.45) is 0 Å². The summed E-state index contributed by atoms with van der Waals surface area (Å²) >= 11 is 1.23. The Morgan fingerprint density at radius 3 is 2.53 bits per heavy atom. The summed E-state index contributed by atoms with van der Waals surface area (Å²) in [4.78, 5) is 16.5. The first-order valence-corrected chi connectivity index (χ1v) is 7.09. The van der Waals surface area contributed by atoms with Crippen molar-refractivity contribution in [3.8, 4) is 0 Å². The zero-order chi connectivity index (χ0) is 13.8. The molecule has 0 aromatic heterocycles. The van der Waals surface area contributed by atoms with E-state index < -0.39 is 11.6 Å². The smallest absolute Gasteiger partial charge is 0.233 e. The van der Waals surface area contributed by atoms with E-state index in [1.54, 1.807) is 0 Å². The van der Waals surface area contributed by atoms with Crippen molar-refractivity contribution < 1.29 is 13.6 Å². The van der Waals surface area contributed by atoms with Gasteiger partial charge in [-0.05, 0) is 25.2 Å². The molecule has 0 bridgehead atoms. The second-order valence-corrected chi connectivity index (χ2v) is 5.60. The van der Waals surface area contributed by atoms with Crippen LogP contribution in [-0.4, -0.2) is 54.7 Å². The average Bonchev–Trinajstić information content (AvgIpc) is 2.40. The Labute approximate surface area is 115 Å². The maximum Gasteiger partial charge on any atom is 0.233 e. The van der Waals surface area contributed by atoms with Gasteiger partial charge in [0.15, 0.2) is 11.6 Å². The Bertz CT molecular complexity index is 462. The van der Waals surface area contributed by atoms with E-state index in [1.165, 1.54) is 17.8 Å². The third-order valence-electron chi connectivity index (χ3n) is 3.11. The van der Waals surface area contributed by atoms with Gasteiger partial charge in [0.25, 0.3) is 0 Å². The highest BCUT2D eigenvalue weighted by Gasteiger charge is 2.18. The van der Waals surface area contributed by atoms with Crippen molar-refractivity contribution in [3.05, 3.63) is 29.8 Å². The Morgan fingerprint density at radius 1 is 1.21 bits per heavy atom. The first kappa shape index (κ1) is 14.3. The van der Waals surface area contributed by atoms with Gasteiger partial charge < -0.3 is 9.80 Å². The monoisotopic (exact) mass is 286 g/mol. The third kappa shape index (κ3) is 3.91. The van der Waals surface area contributed by atoms with Crippen LogP contribution in [0.15, 0.2) is 23.1 Å². The van der Waals surface area contributed by atoms with Gasteiger partial charge in [0.05, 0.1) is 5.75 Å². The minimum atomic E-state index is -0.878. The molecular weight excluding hydrogens is 270 g/mol. The van der Waals surface area contributed by atoms with E-state index in [-0.39, 0.29) is 11.7 Å². The number of carbonyl (C=O) groups is 1. The maximum atomic E-state index is 13.0.